The zero-order valence-electron chi connectivity index (χ0n) is 8.25. The number of aldehydes is 1. The van der Waals surface area contributed by atoms with Gasteiger partial charge in [-0.15, -0.1) is 0 Å². The Hall–Kier alpha value is -2.04. The number of nitrogens with zero attached hydrogens (tertiary/aromatic N) is 2. The second-order valence-corrected chi connectivity index (χ2v) is 2.97. The standard InChI is InChI=1S/C10H11N3O2/c1-7(8-4-2-3-5-12-8)9(6-14)13-10(11)15/h2-7H,1H3,(H2,11,15). The van der Waals surface area contributed by atoms with Crippen LogP contribution in [0.5, 0.6) is 0 Å². The molecule has 1 unspecified atom stereocenters. The third-order valence-electron chi connectivity index (χ3n) is 1.94. The first-order chi connectivity index (χ1) is 7.15. The van der Waals surface area contributed by atoms with Crippen LogP contribution in [0.3, 0.4) is 0 Å². The van der Waals surface area contributed by atoms with Crippen molar-refractivity contribution in [1.29, 1.82) is 0 Å². The fraction of sp³-hybridized carbons (Fsp3) is 0.200. The highest BCUT2D eigenvalue weighted by Crippen LogP contribution is 2.12. The van der Waals surface area contributed by atoms with Gasteiger partial charge in [-0.3, -0.25) is 9.78 Å². The van der Waals surface area contributed by atoms with Gasteiger partial charge < -0.3 is 5.73 Å². The summed E-state index contributed by atoms with van der Waals surface area (Å²) in [5.74, 6) is -0.337. The van der Waals surface area contributed by atoms with Gasteiger partial charge in [0.05, 0.1) is 5.71 Å². The van der Waals surface area contributed by atoms with Crippen LogP contribution in [0.15, 0.2) is 29.4 Å². The zero-order chi connectivity index (χ0) is 11.3. The van der Waals surface area contributed by atoms with Crippen molar-refractivity contribution in [3.05, 3.63) is 30.1 Å². The van der Waals surface area contributed by atoms with E-state index in [0.717, 1.165) is 0 Å². The van der Waals surface area contributed by atoms with E-state index in [1.807, 2.05) is 0 Å². The molecule has 0 aromatic carbocycles. The molecule has 0 radical (unpaired) electrons. The maximum atomic E-state index is 10.7. The smallest absolute Gasteiger partial charge is 0.338 e. The first-order valence-corrected chi connectivity index (χ1v) is 4.39. The Kier molecular flexibility index (Phi) is 3.68. The number of nitrogens with two attached hydrogens (primary N) is 1. The molecule has 2 amide bonds. The molecule has 1 heterocycles. The minimum Gasteiger partial charge on any atom is -0.350 e. The predicted molar refractivity (Wildman–Crippen MR) is 55.7 cm³/mol. The van der Waals surface area contributed by atoms with Gasteiger partial charge in [-0.25, -0.2) is 4.79 Å². The Morgan fingerprint density at radius 3 is 2.80 bits per heavy atom. The molecule has 5 heteroatoms. The lowest BCUT2D eigenvalue weighted by molar-refractivity contribution is -0.102. The predicted octanol–water partition coefficient (Wildman–Crippen LogP) is 0.904. The normalized spacial score (nSPS) is 13.3. The number of carbonyl (C=O) groups excluding carboxylic acids is 2. The monoisotopic (exact) mass is 205 g/mol. The number of hydrogen-bond donors (Lipinski definition) is 1. The Balaban J connectivity index is 2.97. The average molecular weight is 205 g/mol. The summed E-state index contributed by atoms with van der Waals surface area (Å²) in [7, 11) is 0. The zero-order valence-corrected chi connectivity index (χ0v) is 8.25. The molecule has 1 aromatic rings. The van der Waals surface area contributed by atoms with Gasteiger partial charge >= 0.3 is 6.03 Å². The molecule has 1 aromatic heterocycles. The quantitative estimate of drug-likeness (QED) is 0.587. The molecule has 0 bridgehead atoms. The van der Waals surface area contributed by atoms with Gasteiger partial charge in [-0.1, -0.05) is 13.0 Å². The van der Waals surface area contributed by atoms with Crippen LogP contribution in [-0.2, 0) is 4.79 Å². The lowest BCUT2D eigenvalue weighted by atomic mass is 10.0. The number of primary amides is 1. The Morgan fingerprint density at radius 1 is 1.60 bits per heavy atom. The van der Waals surface area contributed by atoms with Crippen molar-refractivity contribution >= 4 is 18.0 Å². The molecule has 0 aliphatic heterocycles. The summed E-state index contributed by atoms with van der Waals surface area (Å²) in [6.07, 6.45) is 2.13. The summed E-state index contributed by atoms with van der Waals surface area (Å²) < 4.78 is 0. The number of hydrogen-bond acceptors (Lipinski definition) is 3. The topological polar surface area (TPSA) is 85.4 Å². The highest BCUT2D eigenvalue weighted by atomic mass is 16.2. The van der Waals surface area contributed by atoms with Gasteiger partial charge in [0.2, 0.25) is 0 Å². The van der Waals surface area contributed by atoms with Crippen LogP contribution in [0.25, 0.3) is 0 Å². The van der Waals surface area contributed by atoms with Gasteiger partial charge in [0, 0.05) is 17.8 Å². The van der Waals surface area contributed by atoms with Crippen LogP contribution in [0.1, 0.15) is 18.5 Å². The van der Waals surface area contributed by atoms with Crippen LogP contribution in [0.4, 0.5) is 4.79 Å². The molecular formula is C10H11N3O2. The number of aliphatic imine (C=N–C) groups is 1. The van der Waals surface area contributed by atoms with Crippen molar-refractivity contribution in [2.75, 3.05) is 0 Å². The van der Waals surface area contributed by atoms with E-state index in [4.69, 9.17) is 5.73 Å². The summed E-state index contributed by atoms with van der Waals surface area (Å²) in [6, 6.07) is 4.44. The van der Waals surface area contributed by atoms with Crippen LogP contribution in [-0.4, -0.2) is 23.0 Å². The molecule has 0 saturated heterocycles. The average Bonchev–Trinajstić information content (AvgIpc) is 2.26. The molecule has 0 saturated carbocycles. The minimum atomic E-state index is -0.875. The van der Waals surface area contributed by atoms with Crippen molar-refractivity contribution in [2.24, 2.45) is 10.7 Å². The summed E-state index contributed by atoms with van der Waals surface area (Å²) >= 11 is 0. The Labute approximate surface area is 87.0 Å². The highest BCUT2D eigenvalue weighted by Gasteiger charge is 2.14. The number of carbonyl (C=O) groups is 2. The van der Waals surface area contributed by atoms with E-state index in [-0.39, 0.29) is 11.6 Å². The molecule has 78 valence electrons. The lowest BCUT2D eigenvalue weighted by Gasteiger charge is -2.07. The number of pyridine rings is 1. The highest BCUT2D eigenvalue weighted by molar-refractivity contribution is 6.32. The fourth-order valence-electron chi connectivity index (χ4n) is 1.14. The van der Waals surface area contributed by atoms with E-state index < -0.39 is 6.03 Å². The van der Waals surface area contributed by atoms with E-state index in [0.29, 0.717) is 12.0 Å². The van der Waals surface area contributed by atoms with Crippen LogP contribution < -0.4 is 5.73 Å². The minimum absolute atomic E-state index is 0.0844. The number of aromatic nitrogens is 1. The molecule has 5 nitrogen and oxygen atoms in total. The first-order valence-electron chi connectivity index (χ1n) is 4.39. The van der Waals surface area contributed by atoms with E-state index in [1.54, 1.807) is 31.3 Å². The van der Waals surface area contributed by atoms with Crippen LogP contribution >= 0.6 is 0 Å². The van der Waals surface area contributed by atoms with E-state index >= 15 is 0 Å². The number of amides is 2. The van der Waals surface area contributed by atoms with Crippen molar-refractivity contribution < 1.29 is 9.59 Å². The van der Waals surface area contributed by atoms with Crippen molar-refractivity contribution in [3.8, 4) is 0 Å². The maximum Gasteiger partial charge on any atom is 0.338 e. The van der Waals surface area contributed by atoms with E-state index in [2.05, 4.69) is 9.98 Å². The van der Waals surface area contributed by atoms with Gasteiger partial charge in [-0.05, 0) is 12.1 Å². The van der Waals surface area contributed by atoms with E-state index in [9.17, 15) is 9.59 Å². The van der Waals surface area contributed by atoms with Gasteiger partial charge in [0.25, 0.3) is 0 Å². The Morgan fingerprint density at radius 2 is 2.33 bits per heavy atom. The number of rotatable bonds is 3. The largest absolute Gasteiger partial charge is 0.350 e. The molecule has 0 spiro atoms. The molecule has 1 rings (SSSR count). The fourth-order valence-corrected chi connectivity index (χ4v) is 1.14. The molecule has 0 aliphatic rings. The summed E-state index contributed by atoms with van der Waals surface area (Å²) in [5, 5.41) is 0. The van der Waals surface area contributed by atoms with Crippen molar-refractivity contribution in [1.82, 2.24) is 4.98 Å². The molecule has 2 N–H and O–H groups in total. The lowest BCUT2D eigenvalue weighted by Crippen LogP contribution is -2.17. The van der Waals surface area contributed by atoms with Crippen LogP contribution in [0.2, 0.25) is 0 Å². The third kappa shape index (κ3) is 2.98. The van der Waals surface area contributed by atoms with E-state index in [1.165, 1.54) is 0 Å². The second kappa shape index (κ2) is 4.99. The first kappa shape index (κ1) is 11.0. The Bertz CT molecular complexity index is 387. The maximum absolute atomic E-state index is 10.7. The third-order valence-corrected chi connectivity index (χ3v) is 1.94. The van der Waals surface area contributed by atoms with Gasteiger partial charge in [0.15, 0.2) is 6.29 Å². The molecule has 1 atom stereocenters. The van der Waals surface area contributed by atoms with Gasteiger partial charge in [0.1, 0.15) is 0 Å². The summed E-state index contributed by atoms with van der Waals surface area (Å²) in [6.45, 7) is 1.73. The second-order valence-electron chi connectivity index (χ2n) is 2.97. The summed E-state index contributed by atoms with van der Waals surface area (Å²) in [5.41, 5.74) is 5.63. The number of urea groups is 1. The molecule has 15 heavy (non-hydrogen) atoms. The van der Waals surface area contributed by atoms with Crippen LogP contribution in [0, 0.1) is 0 Å². The molecule has 0 fully saturated rings. The van der Waals surface area contributed by atoms with Crippen molar-refractivity contribution in [2.45, 2.75) is 12.8 Å². The van der Waals surface area contributed by atoms with Crippen molar-refractivity contribution in [3.63, 3.8) is 0 Å². The molecular weight excluding hydrogens is 194 g/mol. The summed E-state index contributed by atoms with van der Waals surface area (Å²) in [4.78, 5) is 28.7. The molecule has 0 aliphatic carbocycles. The SMILES string of the molecule is CC(C(C=O)=NC(N)=O)c1ccccn1. The van der Waals surface area contributed by atoms with Gasteiger partial charge in [-0.2, -0.15) is 4.99 Å².